The van der Waals surface area contributed by atoms with Gasteiger partial charge in [0.15, 0.2) is 0 Å². The molecule has 4 rings (SSSR count). The van der Waals surface area contributed by atoms with E-state index in [1.54, 1.807) is 43.6 Å². The van der Waals surface area contributed by atoms with E-state index in [9.17, 15) is 23.5 Å². The highest BCUT2D eigenvalue weighted by Gasteiger charge is 2.32. The van der Waals surface area contributed by atoms with Crippen molar-refractivity contribution in [1.82, 2.24) is 15.6 Å². The molecule has 1 aliphatic heterocycles. The molecule has 36 heavy (non-hydrogen) atoms. The molecule has 2 aromatic carbocycles. The number of para-hydroxylation sites is 1. The number of carbonyl (C=O) groups is 2. The van der Waals surface area contributed by atoms with E-state index in [4.69, 9.17) is 0 Å². The Labute approximate surface area is 206 Å². The van der Waals surface area contributed by atoms with Crippen LogP contribution in [0.1, 0.15) is 29.8 Å². The van der Waals surface area contributed by atoms with Crippen LogP contribution in [0.5, 0.6) is 0 Å². The van der Waals surface area contributed by atoms with Gasteiger partial charge < -0.3 is 20.6 Å². The van der Waals surface area contributed by atoms with Crippen LogP contribution in [0.3, 0.4) is 0 Å². The smallest absolute Gasteiger partial charge is 0.272 e. The summed E-state index contributed by atoms with van der Waals surface area (Å²) in [6.45, 7) is 1.30. The molecule has 2 heterocycles. The van der Waals surface area contributed by atoms with Crippen molar-refractivity contribution >= 4 is 23.2 Å². The first-order chi connectivity index (χ1) is 17.3. The molecule has 3 N–H and O–H groups in total. The quantitative estimate of drug-likeness (QED) is 0.469. The minimum absolute atomic E-state index is 0.221. The standard InChI is InChI=1S/C26H25F2N5O3/c1-15(30-14-22(34)18-13-16(27)10-11-19(18)28)25(35)32-24-26(36)33(2)21-9-4-3-7-17(21)23(31-24)20-8-5-6-12-29-20/h3-13,15,22,24,30,34H,14H2,1-2H3,(H,32,35)/t15-,22?,24?/m0/s1. The number of aliphatic hydroxyl groups excluding tert-OH is 1. The molecule has 0 aliphatic carbocycles. The Morgan fingerprint density at radius 1 is 1.14 bits per heavy atom. The fraction of sp³-hybridized carbons (Fsp3) is 0.231. The highest BCUT2D eigenvalue weighted by Crippen LogP contribution is 2.26. The van der Waals surface area contributed by atoms with Crippen molar-refractivity contribution in [3.05, 3.63) is 95.3 Å². The predicted molar refractivity (Wildman–Crippen MR) is 130 cm³/mol. The van der Waals surface area contributed by atoms with Crippen LogP contribution in [0.2, 0.25) is 0 Å². The number of aromatic nitrogens is 1. The molecule has 2 amide bonds. The third kappa shape index (κ3) is 5.29. The van der Waals surface area contributed by atoms with Gasteiger partial charge in [-0.2, -0.15) is 0 Å². The fourth-order valence-corrected chi connectivity index (χ4v) is 3.84. The van der Waals surface area contributed by atoms with Crippen LogP contribution in [-0.4, -0.2) is 53.4 Å². The van der Waals surface area contributed by atoms with Crippen LogP contribution in [0.15, 0.2) is 71.9 Å². The molecule has 0 fully saturated rings. The molecular formula is C26H25F2N5O3. The minimum Gasteiger partial charge on any atom is -0.387 e. The highest BCUT2D eigenvalue weighted by molar-refractivity contribution is 6.19. The fourth-order valence-electron chi connectivity index (χ4n) is 3.84. The Hall–Kier alpha value is -4.02. The number of aliphatic imine (C=N–C) groups is 1. The number of nitrogens with zero attached hydrogens (tertiary/aromatic N) is 3. The summed E-state index contributed by atoms with van der Waals surface area (Å²) in [6.07, 6.45) is -1.00. The normalized spacial score (nSPS) is 17.0. The van der Waals surface area contributed by atoms with Gasteiger partial charge >= 0.3 is 0 Å². The zero-order valence-corrected chi connectivity index (χ0v) is 19.7. The summed E-state index contributed by atoms with van der Waals surface area (Å²) in [5.74, 6) is -2.46. The van der Waals surface area contributed by atoms with Crippen molar-refractivity contribution in [2.75, 3.05) is 18.5 Å². The molecule has 0 radical (unpaired) electrons. The number of anilines is 1. The van der Waals surface area contributed by atoms with Gasteiger partial charge in [-0.25, -0.2) is 13.8 Å². The van der Waals surface area contributed by atoms with E-state index in [1.807, 2.05) is 12.1 Å². The molecule has 3 atom stereocenters. The van der Waals surface area contributed by atoms with Crippen molar-refractivity contribution in [2.24, 2.45) is 4.99 Å². The van der Waals surface area contributed by atoms with Crippen molar-refractivity contribution in [3.63, 3.8) is 0 Å². The lowest BCUT2D eigenvalue weighted by molar-refractivity contribution is -0.128. The number of halogens is 2. The number of fused-ring (bicyclic) bond motifs is 1. The second kappa shape index (κ2) is 10.7. The molecule has 0 saturated heterocycles. The minimum atomic E-state index is -1.38. The first-order valence-electron chi connectivity index (χ1n) is 11.3. The molecule has 1 aromatic heterocycles. The number of hydrogen-bond donors (Lipinski definition) is 3. The summed E-state index contributed by atoms with van der Waals surface area (Å²) in [5, 5.41) is 15.7. The second-order valence-corrected chi connectivity index (χ2v) is 8.33. The Kier molecular flexibility index (Phi) is 7.47. The number of nitrogens with one attached hydrogen (secondary N) is 2. The lowest BCUT2D eigenvalue weighted by atomic mass is 10.0. The number of aliphatic hydroxyl groups is 1. The number of amides is 2. The Morgan fingerprint density at radius 2 is 1.89 bits per heavy atom. The molecule has 186 valence electrons. The maximum absolute atomic E-state index is 13.9. The third-order valence-corrected chi connectivity index (χ3v) is 5.86. The summed E-state index contributed by atoms with van der Waals surface area (Å²) in [7, 11) is 1.60. The lowest BCUT2D eigenvalue weighted by Crippen LogP contribution is -2.51. The summed E-state index contributed by atoms with van der Waals surface area (Å²) < 4.78 is 27.4. The van der Waals surface area contributed by atoms with E-state index in [2.05, 4.69) is 20.6 Å². The van der Waals surface area contributed by atoms with Gasteiger partial charge in [0.05, 0.1) is 29.2 Å². The molecular weight excluding hydrogens is 468 g/mol. The van der Waals surface area contributed by atoms with Gasteiger partial charge in [-0.3, -0.25) is 14.6 Å². The first kappa shape index (κ1) is 25.1. The summed E-state index contributed by atoms with van der Waals surface area (Å²) in [5.41, 5.74) is 2.08. The average Bonchev–Trinajstić information content (AvgIpc) is 2.99. The maximum Gasteiger partial charge on any atom is 0.272 e. The van der Waals surface area contributed by atoms with Crippen molar-refractivity contribution in [1.29, 1.82) is 0 Å². The van der Waals surface area contributed by atoms with E-state index < -0.39 is 41.8 Å². The monoisotopic (exact) mass is 493 g/mol. The van der Waals surface area contributed by atoms with Gasteiger partial charge in [-0.15, -0.1) is 0 Å². The van der Waals surface area contributed by atoms with Gasteiger partial charge in [0.2, 0.25) is 12.1 Å². The Balaban J connectivity index is 1.52. The van der Waals surface area contributed by atoms with E-state index >= 15 is 0 Å². The lowest BCUT2D eigenvalue weighted by Gasteiger charge is -2.22. The van der Waals surface area contributed by atoms with Gasteiger partial charge in [0.25, 0.3) is 5.91 Å². The zero-order valence-electron chi connectivity index (χ0n) is 19.7. The SMILES string of the molecule is C[C@H](NCC(O)c1cc(F)ccc1F)C(=O)NC1N=C(c2ccccn2)c2ccccc2N(C)C1=O. The summed E-state index contributed by atoms with van der Waals surface area (Å²) >= 11 is 0. The molecule has 0 bridgehead atoms. The van der Waals surface area contributed by atoms with Crippen molar-refractivity contribution < 1.29 is 23.5 Å². The second-order valence-electron chi connectivity index (χ2n) is 8.33. The number of likely N-dealkylation sites (N-methyl/N-ethyl adjacent to an activating group) is 1. The summed E-state index contributed by atoms with van der Waals surface area (Å²) in [4.78, 5) is 36.5. The van der Waals surface area contributed by atoms with E-state index in [1.165, 1.54) is 11.8 Å². The molecule has 1 aliphatic rings. The number of rotatable bonds is 7. The highest BCUT2D eigenvalue weighted by atomic mass is 19.1. The third-order valence-electron chi connectivity index (χ3n) is 5.86. The molecule has 0 spiro atoms. The van der Waals surface area contributed by atoms with Crippen molar-refractivity contribution in [3.8, 4) is 0 Å². The van der Waals surface area contributed by atoms with E-state index in [-0.39, 0.29) is 12.1 Å². The largest absolute Gasteiger partial charge is 0.387 e. The average molecular weight is 494 g/mol. The molecule has 10 heteroatoms. The van der Waals surface area contributed by atoms with Crippen LogP contribution in [0.4, 0.5) is 14.5 Å². The number of carbonyl (C=O) groups excluding carboxylic acids is 2. The van der Waals surface area contributed by atoms with Crippen LogP contribution in [0, 0.1) is 11.6 Å². The van der Waals surface area contributed by atoms with E-state index in [0.717, 1.165) is 18.2 Å². The number of hydrogen-bond acceptors (Lipinski definition) is 6. The Morgan fingerprint density at radius 3 is 2.64 bits per heavy atom. The molecule has 2 unspecified atom stereocenters. The van der Waals surface area contributed by atoms with Gasteiger partial charge in [0, 0.05) is 30.9 Å². The van der Waals surface area contributed by atoms with Crippen LogP contribution < -0.4 is 15.5 Å². The number of pyridine rings is 1. The first-order valence-corrected chi connectivity index (χ1v) is 11.3. The van der Waals surface area contributed by atoms with Crippen molar-refractivity contribution in [2.45, 2.75) is 25.2 Å². The predicted octanol–water partition coefficient (Wildman–Crippen LogP) is 2.33. The molecule has 0 saturated carbocycles. The number of benzodiazepines with no additional fused rings is 1. The molecule has 8 nitrogen and oxygen atoms in total. The van der Waals surface area contributed by atoms with Crippen LogP contribution in [0.25, 0.3) is 0 Å². The van der Waals surface area contributed by atoms with Gasteiger partial charge in [0.1, 0.15) is 11.6 Å². The van der Waals surface area contributed by atoms with E-state index in [0.29, 0.717) is 22.7 Å². The van der Waals surface area contributed by atoms with Crippen LogP contribution >= 0.6 is 0 Å². The summed E-state index contributed by atoms with van der Waals surface area (Å²) in [6, 6.07) is 14.5. The maximum atomic E-state index is 13.9. The van der Waals surface area contributed by atoms with Crippen LogP contribution in [-0.2, 0) is 9.59 Å². The van der Waals surface area contributed by atoms with Gasteiger partial charge in [-0.1, -0.05) is 24.3 Å². The zero-order chi connectivity index (χ0) is 25.8. The topological polar surface area (TPSA) is 107 Å². The Bertz CT molecular complexity index is 1300. The van der Waals surface area contributed by atoms with Gasteiger partial charge in [-0.05, 0) is 43.3 Å². The number of benzene rings is 2. The molecule has 3 aromatic rings.